The van der Waals surface area contributed by atoms with E-state index in [0.717, 1.165) is 5.56 Å². The first-order chi connectivity index (χ1) is 8.61. The van der Waals surface area contributed by atoms with Crippen molar-refractivity contribution < 1.29 is 14.2 Å². The van der Waals surface area contributed by atoms with E-state index in [1.165, 1.54) is 25.3 Å². The fourth-order valence-electron chi connectivity index (χ4n) is 1.85. The van der Waals surface area contributed by atoms with E-state index in [-0.39, 0.29) is 7.43 Å². The van der Waals surface area contributed by atoms with Crippen LogP contribution in [0.2, 0.25) is 0 Å². The van der Waals surface area contributed by atoms with Crippen LogP contribution in [-0.2, 0) is 0 Å². The summed E-state index contributed by atoms with van der Waals surface area (Å²) in [5.41, 5.74) is 2.25. The summed E-state index contributed by atoms with van der Waals surface area (Å²) in [6.45, 7) is 1.08. The van der Waals surface area contributed by atoms with Crippen molar-refractivity contribution in [3.05, 3.63) is 53.8 Å². The van der Waals surface area contributed by atoms with E-state index in [9.17, 15) is 9.41 Å². The van der Waals surface area contributed by atoms with Crippen LogP contribution in [0, 0.1) is 12.7 Å². The molecule has 2 nitrogen and oxygen atoms in total. The molecule has 100 valence electrons. The highest BCUT2D eigenvalue weighted by Gasteiger charge is 2.21. The van der Waals surface area contributed by atoms with E-state index in [1.807, 2.05) is 31.2 Å². The van der Waals surface area contributed by atoms with Crippen molar-refractivity contribution in [1.82, 2.24) is 0 Å². The first kappa shape index (κ1) is 15.3. The molecule has 0 bridgehead atoms. The lowest BCUT2D eigenvalue weighted by Crippen LogP contribution is -2.43. The second-order valence-corrected chi connectivity index (χ2v) is 4.20. The predicted octanol–water partition coefficient (Wildman–Crippen LogP) is 1.88. The van der Waals surface area contributed by atoms with Gasteiger partial charge in [-0.05, 0) is 30.6 Å². The van der Waals surface area contributed by atoms with Gasteiger partial charge in [-0.1, -0.05) is 37.3 Å². The summed E-state index contributed by atoms with van der Waals surface area (Å²) in [5.74, 6) is 0.0847. The molecule has 0 aliphatic rings. The number of hydrogen-bond acceptors (Lipinski definition) is 2. The van der Waals surface area contributed by atoms with Crippen LogP contribution < -0.4 is 15.7 Å². The fourth-order valence-corrected chi connectivity index (χ4v) is 1.85. The second kappa shape index (κ2) is 6.39. The SMILES string of the molecule is C.COc1ccc(F)cc1B(O)c1ccc(C)cc1. The zero-order chi connectivity index (χ0) is 13.1. The molecular formula is C15H18BFO2. The van der Waals surface area contributed by atoms with Crippen molar-refractivity contribution in [3.8, 4) is 5.75 Å². The zero-order valence-electron chi connectivity index (χ0n) is 10.4. The average molecular weight is 260 g/mol. The van der Waals surface area contributed by atoms with Crippen molar-refractivity contribution in [2.75, 3.05) is 7.11 Å². The van der Waals surface area contributed by atoms with E-state index >= 15 is 0 Å². The standard InChI is InChI=1S/C14H14BFO2.CH4/c1-10-3-5-11(6-4-10)15(17)13-9-12(16)7-8-14(13)18-2;/h3-9,17H,1-2H3;1H4. The summed E-state index contributed by atoms with van der Waals surface area (Å²) in [6, 6.07) is 11.6. The Balaban J connectivity index is 0.00000180. The minimum atomic E-state index is -0.892. The molecule has 19 heavy (non-hydrogen) atoms. The molecule has 0 aliphatic heterocycles. The minimum absolute atomic E-state index is 0. The minimum Gasteiger partial charge on any atom is -0.497 e. The Hall–Kier alpha value is -1.81. The molecule has 2 aromatic carbocycles. The monoisotopic (exact) mass is 260 g/mol. The number of methoxy groups -OCH3 is 1. The highest BCUT2D eigenvalue weighted by molar-refractivity contribution is 6.79. The van der Waals surface area contributed by atoms with Gasteiger partial charge in [0.2, 0.25) is 0 Å². The Labute approximate surface area is 114 Å². The summed E-state index contributed by atoms with van der Waals surface area (Å²) in [7, 11) is 1.50. The molecule has 4 heteroatoms. The van der Waals surface area contributed by atoms with Crippen LogP contribution in [-0.4, -0.2) is 19.0 Å². The van der Waals surface area contributed by atoms with E-state index in [1.54, 1.807) is 0 Å². The number of ether oxygens (including phenoxy) is 1. The average Bonchev–Trinajstić information content (AvgIpc) is 2.39. The van der Waals surface area contributed by atoms with Gasteiger partial charge in [0.25, 0.3) is 0 Å². The summed E-state index contributed by atoms with van der Waals surface area (Å²) in [5, 5.41) is 10.3. The molecule has 0 aromatic heterocycles. The second-order valence-electron chi connectivity index (χ2n) is 4.20. The Bertz CT molecular complexity index is 540. The Morgan fingerprint density at radius 3 is 2.32 bits per heavy atom. The van der Waals surface area contributed by atoms with Crippen molar-refractivity contribution in [2.24, 2.45) is 0 Å². The molecule has 0 atom stereocenters. The summed E-state index contributed by atoms with van der Waals surface area (Å²) >= 11 is 0. The van der Waals surface area contributed by atoms with Crippen molar-refractivity contribution in [2.45, 2.75) is 14.4 Å². The largest absolute Gasteiger partial charge is 0.497 e. The normalized spacial score (nSPS) is 9.68. The van der Waals surface area contributed by atoms with E-state index in [0.29, 0.717) is 16.7 Å². The van der Waals surface area contributed by atoms with Crippen LogP contribution in [0.15, 0.2) is 42.5 Å². The lowest BCUT2D eigenvalue weighted by atomic mass is 9.55. The number of rotatable bonds is 3. The molecule has 0 radical (unpaired) electrons. The van der Waals surface area contributed by atoms with Crippen molar-refractivity contribution >= 4 is 17.8 Å². The highest BCUT2D eigenvalue weighted by Crippen LogP contribution is 2.09. The number of benzene rings is 2. The molecule has 0 aliphatic carbocycles. The lowest BCUT2D eigenvalue weighted by Gasteiger charge is -2.12. The van der Waals surface area contributed by atoms with Gasteiger partial charge in [0, 0.05) is 5.46 Å². The van der Waals surface area contributed by atoms with Crippen LogP contribution in [0.3, 0.4) is 0 Å². The molecule has 0 amide bonds. The summed E-state index contributed by atoms with van der Waals surface area (Å²) < 4.78 is 18.4. The molecule has 0 heterocycles. The third kappa shape index (κ3) is 3.35. The quantitative estimate of drug-likeness (QED) is 0.854. The third-order valence-electron chi connectivity index (χ3n) is 2.88. The molecule has 0 fully saturated rings. The van der Waals surface area contributed by atoms with Gasteiger partial charge in [0.05, 0.1) is 7.11 Å². The van der Waals surface area contributed by atoms with Crippen LogP contribution in [0.4, 0.5) is 4.39 Å². The molecule has 0 saturated heterocycles. The molecule has 0 spiro atoms. The van der Waals surface area contributed by atoms with Crippen molar-refractivity contribution in [1.29, 1.82) is 0 Å². The molecule has 2 rings (SSSR count). The maximum absolute atomic E-state index is 13.3. The van der Waals surface area contributed by atoms with Crippen LogP contribution in [0.1, 0.15) is 13.0 Å². The summed E-state index contributed by atoms with van der Waals surface area (Å²) in [4.78, 5) is 0. The third-order valence-corrected chi connectivity index (χ3v) is 2.88. The molecule has 0 saturated carbocycles. The van der Waals surface area contributed by atoms with Gasteiger partial charge in [0.15, 0.2) is 0 Å². The molecular weight excluding hydrogens is 242 g/mol. The molecule has 0 unspecified atom stereocenters. The van der Waals surface area contributed by atoms with Gasteiger partial charge >= 0.3 is 6.92 Å². The van der Waals surface area contributed by atoms with Gasteiger partial charge < -0.3 is 9.76 Å². The van der Waals surface area contributed by atoms with Gasteiger partial charge in [-0.25, -0.2) is 4.39 Å². The van der Waals surface area contributed by atoms with Crippen LogP contribution in [0.5, 0.6) is 5.75 Å². The lowest BCUT2D eigenvalue weighted by molar-refractivity contribution is 0.416. The molecule has 1 N–H and O–H groups in total. The van der Waals surface area contributed by atoms with E-state index < -0.39 is 12.7 Å². The van der Waals surface area contributed by atoms with Crippen LogP contribution in [0.25, 0.3) is 0 Å². The van der Waals surface area contributed by atoms with Crippen LogP contribution >= 0.6 is 0 Å². The Kier molecular flexibility index (Phi) is 5.13. The predicted molar refractivity (Wildman–Crippen MR) is 78.1 cm³/mol. The Morgan fingerprint density at radius 2 is 1.74 bits per heavy atom. The fraction of sp³-hybridized carbons (Fsp3) is 0.200. The first-order valence-corrected chi connectivity index (χ1v) is 5.70. The topological polar surface area (TPSA) is 29.5 Å². The first-order valence-electron chi connectivity index (χ1n) is 5.70. The van der Waals surface area contributed by atoms with Gasteiger partial charge in [-0.15, -0.1) is 0 Å². The highest BCUT2D eigenvalue weighted by atomic mass is 19.1. The number of halogens is 1. The van der Waals surface area contributed by atoms with Gasteiger partial charge in [-0.2, -0.15) is 0 Å². The maximum atomic E-state index is 13.3. The van der Waals surface area contributed by atoms with Gasteiger partial charge in [0.1, 0.15) is 11.6 Å². The maximum Gasteiger partial charge on any atom is 0.362 e. The Morgan fingerprint density at radius 1 is 1.11 bits per heavy atom. The summed E-state index contributed by atoms with van der Waals surface area (Å²) in [6.07, 6.45) is 0. The zero-order valence-corrected chi connectivity index (χ0v) is 10.4. The van der Waals surface area contributed by atoms with Crippen molar-refractivity contribution in [3.63, 3.8) is 0 Å². The van der Waals surface area contributed by atoms with Gasteiger partial charge in [-0.3, -0.25) is 0 Å². The van der Waals surface area contributed by atoms with E-state index in [4.69, 9.17) is 4.74 Å². The van der Waals surface area contributed by atoms with E-state index in [2.05, 4.69) is 0 Å². The number of aryl methyl sites for hydroxylation is 1. The number of hydrogen-bond donors (Lipinski definition) is 1. The smallest absolute Gasteiger partial charge is 0.362 e. The molecule has 2 aromatic rings.